The Morgan fingerprint density at radius 2 is 1.88 bits per heavy atom. The zero-order valence-corrected chi connectivity index (χ0v) is 13.8. The molecule has 0 fully saturated rings. The third kappa shape index (κ3) is 3.71. The van der Waals surface area contributed by atoms with Crippen LogP contribution in [0.2, 0.25) is 0 Å². The summed E-state index contributed by atoms with van der Waals surface area (Å²) in [5.74, 6) is -0.470. The number of aryl methyl sites for hydroxylation is 1. The number of nitrogens with zero attached hydrogens (tertiary/aromatic N) is 1. The van der Waals surface area contributed by atoms with Crippen LogP contribution in [0.4, 0.5) is 4.39 Å². The number of hydrogen-bond donors (Lipinski definition) is 1. The van der Waals surface area contributed by atoms with E-state index < -0.39 is 0 Å². The summed E-state index contributed by atoms with van der Waals surface area (Å²) in [6, 6.07) is 13.8. The Labute approximate surface area is 142 Å². The number of fused-ring (bicyclic) bond motifs is 1. The van der Waals surface area contributed by atoms with E-state index in [1.807, 2.05) is 24.3 Å². The molecule has 0 radical (unpaired) electrons. The molecule has 2 aromatic carbocycles. The third-order valence-corrected chi connectivity index (χ3v) is 4.87. The third-order valence-electron chi connectivity index (χ3n) is 3.75. The molecule has 124 valence electrons. The number of carbonyl (C=O) groups is 1. The minimum absolute atomic E-state index is 0.0117. The highest BCUT2D eigenvalue weighted by Gasteiger charge is 2.08. The molecular formula is C18H17FN2O2S. The normalized spacial score (nSPS) is 10.9. The Balaban J connectivity index is 1.50. The Morgan fingerprint density at radius 1 is 1.12 bits per heavy atom. The SMILES string of the molecule is O=C(CCCn1sc2ccccc2c1=O)NCc1ccccc1F. The van der Waals surface area contributed by atoms with Crippen molar-refractivity contribution < 1.29 is 9.18 Å². The van der Waals surface area contributed by atoms with Crippen molar-refractivity contribution in [3.63, 3.8) is 0 Å². The summed E-state index contributed by atoms with van der Waals surface area (Å²) in [7, 11) is 0. The van der Waals surface area contributed by atoms with Crippen molar-refractivity contribution in [3.8, 4) is 0 Å². The standard InChI is InChI=1S/C18H17FN2O2S/c19-15-8-3-1-6-13(15)12-20-17(22)10-5-11-21-18(23)14-7-2-4-9-16(14)24-21/h1-4,6-9H,5,10-12H2,(H,20,22). The lowest BCUT2D eigenvalue weighted by molar-refractivity contribution is -0.121. The average molecular weight is 344 g/mol. The van der Waals surface area contributed by atoms with Gasteiger partial charge in [0.2, 0.25) is 5.91 Å². The molecule has 3 aromatic rings. The maximum absolute atomic E-state index is 13.5. The van der Waals surface area contributed by atoms with Crippen LogP contribution in [-0.2, 0) is 17.9 Å². The monoisotopic (exact) mass is 344 g/mol. The molecule has 1 heterocycles. The van der Waals surface area contributed by atoms with Gasteiger partial charge in [-0.15, -0.1) is 0 Å². The van der Waals surface area contributed by atoms with E-state index in [1.54, 1.807) is 22.2 Å². The molecule has 1 amide bonds. The fourth-order valence-electron chi connectivity index (χ4n) is 2.47. The first-order valence-corrected chi connectivity index (χ1v) is 8.51. The van der Waals surface area contributed by atoms with Gasteiger partial charge in [0, 0.05) is 25.1 Å². The van der Waals surface area contributed by atoms with E-state index in [1.165, 1.54) is 17.6 Å². The average Bonchev–Trinajstić information content (AvgIpc) is 2.91. The van der Waals surface area contributed by atoms with Gasteiger partial charge < -0.3 is 5.32 Å². The summed E-state index contributed by atoms with van der Waals surface area (Å²) in [5.41, 5.74) is 0.453. The molecule has 1 aromatic heterocycles. The summed E-state index contributed by atoms with van der Waals surface area (Å²) in [4.78, 5) is 24.0. The van der Waals surface area contributed by atoms with Crippen molar-refractivity contribution in [2.24, 2.45) is 0 Å². The van der Waals surface area contributed by atoms with E-state index in [0.29, 0.717) is 30.3 Å². The summed E-state index contributed by atoms with van der Waals surface area (Å²) in [6.45, 7) is 0.680. The van der Waals surface area contributed by atoms with E-state index in [-0.39, 0.29) is 23.8 Å². The molecule has 0 spiro atoms. The molecule has 24 heavy (non-hydrogen) atoms. The van der Waals surface area contributed by atoms with Crippen molar-refractivity contribution in [1.29, 1.82) is 0 Å². The predicted molar refractivity (Wildman–Crippen MR) is 93.6 cm³/mol. The van der Waals surface area contributed by atoms with Crippen LogP contribution < -0.4 is 10.9 Å². The summed E-state index contributed by atoms with van der Waals surface area (Å²) < 4.78 is 16.1. The van der Waals surface area contributed by atoms with Crippen LogP contribution in [0.3, 0.4) is 0 Å². The molecule has 3 rings (SSSR count). The predicted octanol–water partition coefficient (Wildman–Crippen LogP) is 3.30. The van der Waals surface area contributed by atoms with E-state index >= 15 is 0 Å². The Kier molecular flexibility index (Phi) is 5.05. The van der Waals surface area contributed by atoms with Crippen LogP contribution in [0.25, 0.3) is 10.1 Å². The zero-order chi connectivity index (χ0) is 16.9. The molecule has 0 saturated heterocycles. The highest BCUT2D eigenvalue weighted by atomic mass is 32.1. The maximum atomic E-state index is 13.5. The van der Waals surface area contributed by atoms with Crippen molar-refractivity contribution in [2.45, 2.75) is 25.9 Å². The molecule has 0 aliphatic heterocycles. The molecule has 0 atom stereocenters. The van der Waals surface area contributed by atoms with Crippen LogP contribution in [0, 0.1) is 5.82 Å². The Bertz CT molecular complexity index is 917. The van der Waals surface area contributed by atoms with Gasteiger partial charge in [0.05, 0.1) is 10.1 Å². The minimum atomic E-state index is -0.324. The molecule has 0 bridgehead atoms. The highest BCUT2D eigenvalue weighted by Crippen LogP contribution is 2.16. The molecule has 6 heteroatoms. The number of halogens is 1. The van der Waals surface area contributed by atoms with Crippen LogP contribution in [0.15, 0.2) is 53.3 Å². The van der Waals surface area contributed by atoms with Crippen molar-refractivity contribution >= 4 is 27.5 Å². The lowest BCUT2D eigenvalue weighted by Crippen LogP contribution is -2.23. The number of nitrogens with one attached hydrogen (secondary N) is 1. The van der Waals surface area contributed by atoms with Crippen LogP contribution in [-0.4, -0.2) is 9.86 Å². The highest BCUT2D eigenvalue weighted by molar-refractivity contribution is 7.13. The van der Waals surface area contributed by atoms with Crippen molar-refractivity contribution in [1.82, 2.24) is 9.27 Å². The van der Waals surface area contributed by atoms with E-state index in [4.69, 9.17) is 0 Å². The van der Waals surface area contributed by atoms with Gasteiger partial charge in [-0.2, -0.15) is 0 Å². The van der Waals surface area contributed by atoms with Gasteiger partial charge in [-0.1, -0.05) is 41.9 Å². The van der Waals surface area contributed by atoms with E-state index in [9.17, 15) is 14.0 Å². The molecule has 0 aliphatic carbocycles. The fourth-order valence-corrected chi connectivity index (χ4v) is 3.50. The Morgan fingerprint density at radius 3 is 2.67 bits per heavy atom. The Hall–Kier alpha value is -2.47. The molecular weight excluding hydrogens is 327 g/mol. The number of amides is 1. The van der Waals surface area contributed by atoms with Crippen molar-refractivity contribution in [3.05, 3.63) is 70.3 Å². The van der Waals surface area contributed by atoms with Crippen LogP contribution in [0.5, 0.6) is 0 Å². The summed E-state index contributed by atoms with van der Waals surface area (Å²) >= 11 is 1.41. The summed E-state index contributed by atoms with van der Waals surface area (Å²) in [5, 5.41) is 3.42. The number of carbonyl (C=O) groups excluding carboxylic acids is 1. The number of aromatic nitrogens is 1. The van der Waals surface area contributed by atoms with Gasteiger partial charge in [-0.25, -0.2) is 4.39 Å². The van der Waals surface area contributed by atoms with E-state index in [2.05, 4.69) is 5.32 Å². The second-order valence-electron chi connectivity index (χ2n) is 5.47. The smallest absolute Gasteiger partial charge is 0.268 e. The second-order valence-corrected chi connectivity index (χ2v) is 6.53. The second kappa shape index (κ2) is 7.40. The maximum Gasteiger partial charge on any atom is 0.268 e. The van der Waals surface area contributed by atoms with Gasteiger partial charge in [-0.05, 0) is 24.6 Å². The first kappa shape index (κ1) is 16.4. The number of hydrogen-bond acceptors (Lipinski definition) is 3. The minimum Gasteiger partial charge on any atom is -0.352 e. The van der Waals surface area contributed by atoms with Gasteiger partial charge in [0.1, 0.15) is 5.82 Å². The number of benzene rings is 2. The van der Waals surface area contributed by atoms with Gasteiger partial charge in [0.25, 0.3) is 5.56 Å². The molecule has 1 N–H and O–H groups in total. The lowest BCUT2D eigenvalue weighted by Gasteiger charge is -2.06. The first-order chi connectivity index (χ1) is 11.6. The zero-order valence-electron chi connectivity index (χ0n) is 13.0. The van der Waals surface area contributed by atoms with Gasteiger partial charge in [-0.3, -0.25) is 13.5 Å². The van der Waals surface area contributed by atoms with Crippen molar-refractivity contribution in [2.75, 3.05) is 0 Å². The largest absolute Gasteiger partial charge is 0.352 e. The van der Waals surface area contributed by atoms with Crippen LogP contribution >= 0.6 is 11.5 Å². The van der Waals surface area contributed by atoms with E-state index in [0.717, 1.165) is 4.70 Å². The first-order valence-electron chi connectivity index (χ1n) is 7.74. The summed E-state index contributed by atoms with van der Waals surface area (Å²) in [6.07, 6.45) is 0.866. The number of rotatable bonds is 6. The quantitative estimate of drug-likeness (QED) is 0.746. The van der Waals surface area contributed by atoms with Gasteiger partial charge in [0.15, 0.2) is 0 Å². The topological polar surface area (TPSA) is 51.1 Å². The molecule has 0 unspecified atom stereocenters. The molecule has 4 nitrogen and oxygen atoms in total. The van der Waals surface area contributed by atoms with Crippen LogP contribution in [0.1, 0.15) is 18.4 Å². The fraction of sp³-hybridized carbons (Fsp3) is 0.222. The van der Waals surface area contributed by atoms with Gasteiger partial charge >= 0.3 is 0 Å². The molecule has 0 aliphatic rings. The lowest BCUT2D eigenvalue weighted by atomic mass is 10.2. The molecule has 0 saturated carbocycles.